The maximum atomic E-state index is 9.75. The number of fused-ring (bicyclic) bond motifs is 7. The lowest BCUT2D eigenvalue weighted by molar-refractivity contribution is 0.672. The summed E-state index contributed by atoms with van der Waals surface area (Å²) in [5.41, 5.74) is 2.82. The molecule has 0 amide bonds. The Hall–Kier alpha value is -7.42. The van der Waals surface area contributed by atoms with Gasteiger partial charge in [-0.1, -0.05) is 158 Å². The first-order valence-corrected chi connectivity index (χ1v) is 18.1. The third-order valence-electron chi connectivity index (χ3n) is 10.2. The predicted octanol–water partition coefficient (Wildman–Crippen LogP) is 15.5. The van der Waals surface area contributed by atoms with Gasteiger partial charge in [-0.15, -0.1) is 0 Å². The van der Waals surface area contributed by atoms with Crippen molar-refractivity contribution < 1.29 is 22.2 Å². The zero-order chi connectivity index (χ0) is 48.3. The van der Waals surface area contributed by atoms with E-state index in [1.165, 1.54) is 4.90 Å². The predicted molar refractivity (Wildman–Crippen MR) is 237 cm³/mol. The Morgan fingerprint density at radius 2 is 1.11 bits per heavy atom. The first-order valence-electron chi connectivity index (χ1n) is 24.6. The zero-order valence-electron chi connectivity index (χ0n) is 42.6. The molecule has 0 unspecified atom stereocenters. The molecule has 0 radical (unpaired) electrons. The van der Waals surface area contributed by atoms with Crippen LogP contribution in [-0.2, 0) is 0 Å². The Balaban J connectivity index is 1.20. The summed E-state index contributed by atoms with van der Waals surface area (Å²) in [6.45, 7) is 0. The van der Waals surface area contributed by atoms with E-state index in [9.17, 15) is 8.22 Å². The van der Waals surface area contributed by atoms with Gasteiger partial charge in [-0.05, 0) is 115 Å². The largest absolute Gasteiger partial charge is 0.455 e. The molecule has 56 heavy (non-hydrogen) atoms. The molecule has 262 valence electrons. The van der Waals surface area contributed by atoms with Crippen LogP contribution < -0.4 is 4.90 Å². The Labute approximate surface area is 343 Å². The van der Waals surface area contributed by atoms with Gasteiger partial charge in [0, 0.05) is 22.1 Å². The molecule has 0 saturated carbocycles. The van der Waals surface area contributed by atoms with Crippen molar-refractivity contribution in [3.05, 3.63) is 212 Å². The van der Waals surface area contributed by atoms with Crippen LogP contribution in [0.1, 0.15) is 17.8 Å². The second kappa shape index (κ2) is 13.2. The van der Waals surface area contributed by atoms with Gasteiger partial charge < -0.3 is 9.32 Å². The average molecular weight is 727 g/mol. The van der Waals surface area contributed by atoms with Gasteiger partial charge in [0.25, 0.3) is 0 Å². The van der Waals surface area contributed by atoms with Crippen molar-refractivity contribution in [3.8, 4) is 33.4 Å². The minimum Gasteiger partial charge on any atom is -0.455 e. The van der Waals surface area contributed by atoms with E-state index in [4.69, 9.17) is 14.0 Å². The van der Waals surface area contributed by atoms with Gasteiger partial charge in [0.05, 0.1) is 28.9 Å². The van der Waals surface area contributed by atoms with Crippen molar-refractivity contribution in [2.45, 2.75) is 0 Å². The lowest BCUT2D eigenvalue weighted by Gasteiger charge is -2.27. The molecule has 0 N–H and O–H groups in total. The maximum absolute atomic E-state index is 9.75. The van der Waals surface area contributed by atoms with Gasteiger partial charge in [-0.3, -0.25) is 0 Å². The van der Waals surface area contributed by atoms with E-state index >= 15 is 0 Å². The van der Waals surface area contributed by atoms with Crippen molar-refractivity contribution in [2.24, 2.45) is 0 Å². The molecular formula is C54H35NO. The van der Waals surface area contributed by atoms with E-state index < -0.39 is 78.6 Å². The van der Waals surface area contributed by atoms with Crippen molar-refractivity contribution in [3.63, 3.8) is 0 Å². The summed E-state index contributed by atoms with van der Waals surface area (Å²) in [7, 11) is 0. The number of hydrogen-bond donors (Lipinski definition) is 0. The molecule has 0 fully saturated rings. The molecule has 2 heteroatoms. The molecule has 11 aromatic rings. The summed E-state index contributed by atoms with van der Waals surface area (Å²) in [5, 5.41) is 3.20. The molecule has 0 bridgehead atoms. The van der Waals surface area contributed by atoms with Gasteiger partial charge in [-0.25, -0.2) is 0 Å². The maximum Gasteiger partial charge on any atom is 0.143 e. The second-order valence-corrected chi connectivity index (χ2v) is 13.5. The fourth-order valence-corrected chi connectivity index (χ4v) is 7.54. The summed E-state index contributed by atoms with van der Waals surface area (Å²) >= 11 is 0. The molecule has 0 aliphatic carbocycles. The van der Waals surface area contributed by atoms with E-state index in [1.54, 1.807) is 24.3 Å². The van der Waals surface area contributed by atoms with E-state index in [0.29, 0.717) is 5.56 Å². The van der Waals surface area contributed by atoms with E-state index in [0.717, 1.165) is 43.8 Å². The van der Waals surface area contributed by atoms with E-state index in [2.05, 4.69) is 0 Å². The molecule has 0 atom stereocenters. The number of hydrogen-bond acceptors (Lipinski definition) is 2. The SMILES string of the molecule is [2H]c1c([2H])c(N(c2ccc(-c3cccc4ccccc34)cc2)c2c([2H])c([2H])c([2H])c3oc4c5c([2H])c([2H])c([2H])c([2H])c5c([2H])c([2H])c4c23)c([2H])c([2H])c1-c1cccc(-c2ccc3ccccc3c2)c1. The molecule has 2 nitrogen and oxygen atoms in total. The highest BCUT2D eigenvalue weighted by Gasteiger charge is 2.21. The van der Waals surface area contributed by atoms with Crippen LogP contribution in [0.15, 0.2) is 216 Å². The quantitative estimate of drug-likeness (QED) is 0.170. The molecule has 0 aliphatic rings. The lowest BCUT2D eigenvalue weighted by atomic mass is 9.97. The van der Waals surface area contributed by atoms with Gasteiger partial charge in [-0.2, -0.15) is 0 Å². The molecular weight excluding hydrogens is 679 g/mol. The minimum atomic E-state index is -0.643. The first-order chi connectivity index (χ1) is 33.2. The van der Waals surface area contributed by atoms with Crippen LogP contribution >= 0.6 is 0 Å². The molecule has 0 aliphatic heterocycles. The van der Waals surface area contributed by atoms with Crippen LogP contribution in [0.25, 0.3) is 87.6 Å². The highest BCUT2D eigenvalue weighted by atomic mass is 16.3. The van der Waals surface area contributed by atoms with Crippen LogP contribution in [0.4, 0.5) is 17.1 Å². The van der Waals surface area contributed by atoms with Crippen molar-refractivity contribution in [1.29, 1.82) is 0 Å². The van der Waals surface area contributed by atoms with Crippen LogP contribution in [-0.4, -0.2) is 0 Å². The standard InChI is InChI=1S/C54H35NO/c1-2-13-41-35-44(23-22-36(41)10-1)43-16-7-15-42(34-43)37-24-29-45(30-25-37)55(46-31-26-40(27-32-46)48-19-8-14-38-11-3-5-17-47(38)48)51-20-9-21-52-53(51)50-33-28-39-12-4-6-18-49(39)54(50)56-52/h1-35H/i4D,6D,9D,12D,18D,20D,21D,24D,25D,28D,29D,30D,33D. The van der Waals surface area contributed by atoms with Crippen LogP contribution in [0.3, 0.4) is 0 Å². The fraction of sp³-hybridized carbons (Fsp3) is 0. The Morgan fingerprint density at radius 3 is 1.98 bits per heavy atom. The van der Waals surface area contributed by atoms with E-state index in [1.807, 2.05) is 109 Å². The third-order valence-corrected chi connectivity index (χ3v) is 10.2. The average Bonchev–Trinajstić information content (AvgIpc) is 3.77. The molecule has 1 heterocycles. The highest BCUT2D eigenvalue weighted by Crippen LogP contribution is 2.45. The number of rotatable bonds is 6. The zero-order valence-corrected chi connectivity index (χ0v) is 29.6. The van der Waals surface area contributed by atoms with Crippen LogP contribution in [0.5, 0.6) is 0 Å². The van der Waals surface area contributed by atoms with Crippen molar-refractivity contribution in [1.82, 2.24) is 0 Å². The normalized spacial score (nSPS) is 14.8. The Bertz CT molecular complexity index is 3980. The Morgan fingerprint density at radius 1 is 0.393 bits per heavy atom. The minimum absolute atomic E-state index is 0.0169. The number of furan rings is 1. The fourth-order valence-electron chi connectivity index (χ4n) is 7.54. The van der Waals surface area contributed by atoms with E-state index in [-0.39, 0.29) is 55.3 Å². The first kappa shape index (κ1) is 21.5. The number of anilines is 3. The molecule has 1 aromatic heterocycles. The summed E-state index contributed by atoms with van der Waals surface area (Å²) in [6.07, 6.45) is 0. The monoisotopic (exact) mass is 726 g/mol. The van der Waals surface area contributed by atoms with Gasteiger partial charge in [0.1, 0.15) is 11.2 Å². The van der Waals surface area contributed by atoms with Gasteiger partial charge in [0.15, 0.2) is 0 Å². The third kappa shape index (κ3) is 5.42. The Kier molecular flexibility index (Phi) is 5.04. The second-order valence-electron chi connectivity index (χ2n) is 13.5. The number of benzene rings is 10. The number of nitrogens with zero attached hydrogens (tertiary/aromatic N) is 1. The van der Waals surface area contributed by atoms with Crippen LogP contribution in [0.2, 0.25) is 0 Å². The summed E-state index contributed by atoms with van der Waals surface area (Å²) in [5.74, 6) is 0. The summed E-state index contributed by atoms with van der Waals surface area (Å²) < 4.78 is 126. The summed E-state index contributed by atoms with van der Waals surface area (Å²) in [6, 6.07) is 34.9. The molecule has 0 spiro atoms. The summed E-state index contributed by atoms with van der Waals surface area (Å²) in [4.78, 5) is 1.30. The van der Waals surface area contributed by atoms with Gasteiger partial charge in [0.2, 0.25) is 0 Å². The molecule has 11 rings (SSSR count). The lowest BCUT2D eigenvalue weighted by Crippen LogP contribution is -2.10. The smallest absolute Gasteiger partial charge is 0.143 e. The van der Waals surface area contributed by atoms with Crippen molar-refractivity contribution in [2.75, 3.05) is 4.90 Å². The van der Waals surface area contributed by atoms with Crippen LogP contribution in [0, 0.1) is 0 Å². The molecule has 0 saturated heterocycles. The van der Waals surface area contributed by atoms with Crippen molar-refractivity contribution >= 4 is 71.3 Å². The topological polar surface area (TPSA) is 16.4 Å². The van der Waals surface area contributed by atoms with Gasteiger partial charge >= 0.3 is 0 Å². The highest BCUT2D eigenvalue weighted by molar-refractivity contribution is 6.19. The molecule has 10 aromatic carbocycles.